The molecule has 32 heavy (non-hydrogen) atoms. The molecule has 3 aromatic rings. The summed E-state index contributed by atoms with van der Waals surface area (Å²) in [5.41, 5.74) is 5.09. The lowest BCUT2D eigenvalue weighted by molar-refractivity contribution is 0.0981. The molecule has 2 N–H and O–H groups in total. The number of halogens is 1. The molecule has 3 aromatic carbocycles. The van der Waals surface area contributed by atoms with Crippen molar-refractivity contribution in [1.82, 2.24) is 0 Å². The van der Waals surface area contributed by atoms with Crippen LogP contribution in [0, 0.1) is 13.8 Å². The number of nitrogens with one attached hydrogen (secondary N) is 1. The summed E-state index contributed by atoms with van der Waals surface area (Å²) in [5, 5.41) is 13.8. The number of anilines is 2. The van der Waals surface area contributed by atoms with E-state index in [9.17, 15) is 14.7 Å². The maximum atomic E-state index is 13.5. The summed E-state index contributed by atoms with van der Waals surface area (Å²) in [6.45, 7) is 4.16. The van der Waals surface area contributed by atoms with Gasteiger partial charge in [0.2, 0.25) is 0 Å². The number of rotatable bonds is 3. The molecule has 1 atom stereocenters. The van der Waals surface area contributed by atoms with Crippen LogP contribution in [0.25, 0.3) is 0 Å². The molecule has 0 fully saturated rings. The van der Waals surface area contributed by atoms with Crippen LogP contribution in [-0.2, 0) is 6.42 Å². The van der Waals surface area contributed by atoms with Gasteiger partial charge in [-0.1, -0.05) is 29.8 Å². The van der Waals surface area contributed by atoms with Crippen molar-refractivity contribution in [3.05, 3.63) is 93.5 Å². The molecule has 1 heterocycles. The van der Waals surface area contributed by atoms with Crippen molar-refractivity contribution in [2.45, 2.75) is 32.8 Å². The lowest BCUT2D eigenvalue weighted by atomic mass is 10.0. The molecule has 6 heteroatoms. The van der Waals surface area contributed by atoms with E-state index in [1.54, 1.807) is 35.2 Å². The molecule has 1 aliphatic rings. The van der Waals surface area contributed by atoms with Crippen LogP contribution < -0.4 is 10.2 Å². The molecule has 0 bridgehead atoms. The molecular weight excluding hydrogens is 424 g/mol. The number of aliphatic hydroxyl groups is 1. The van der Waals surface area contributed by atoms with Crippen molar-refractivity contribution in [2.75, 3.05) is 16.8 Å². The lowest BCUT2D eigenvalue weighted by Gasteiger charge is -2.24. The third kappa shape index (κ3) is 4.54. The Hall–Kier alpha value is -3.15. The molecule has 1 unspecified atom stereocenters. The van der Waals surface area contributed by atoms with Crippen LogP contribution in [0.2, 0.25) is 5.02 Å². The van der Waals surface area contributed by atoms with Gasteiger partial charge in [-0.3, -0.25) is 9.59 Å². The minimum absolute atomic E-state index is 0.142. The zero-order chi connectivity index (χ0) is 22.8. The zero-order valence-electron chi connectivity index (χ0n) is 18.1. The van der Waals surface area contributed by atoms with E-state index in [4.69, 9.17) is 11.6 Å². The highest BCUT2D eigenvalue weighted by molar-refractivity contribution is 6.30. The maximum absolute atomic E-state index is 13.5. The topological polar surface area (TPSA) is 69.6 Å². The van der Waals surface area contributed by atoms with E-state index in [1.807, 2.05) is 44.2 Å². The lowest BCUT2D eigenvalue weighted by Crippen LogP contribution is -2.33. The van der Waals surface area contributed by atoms with Gasteiger partial charge in [0.1, 0.15) is 0 Å². The second-order valence-electron chi connectivity index (χ2n) is 8.18. The van der Waals surface area contributed by atoms with E-state index in [0.29, 0.717) is 41.2 Å². The van der Waals surface area contributed by atoms with E-state index in [1.165, 1.54) is 0 Å². The SMILES string of the molecule is Cc1ccccc1C(=O)Nc1ccc(C(=O)N2CCC(O)Cc3cc(Cl)ccc32)c(C)c1. The maximum Gasteiger partial charge on any atom is 0.258 e. The summed E-state index contributed by atoms with van der Waals surface area (Å²) in [6.07, 6.45) is 0.426. The molecule has 5 nitrogen and oxygen atoms in total. The summed E-state index contributed by atoms with van der Waals surface area (Å²) < 4.78 is 0. The summed E-state index contributed by atoms with van der Waals surface area (Å²) in [4.78, 5) is 27.8. The fraction of sp³-hybridized carbons (Fsp3) is 0.231. The van der Waals surface area contributed by atoms with E-state index in [2.05, 4.69) is 5.32 Å². The van der Waals surface area contributed by atoms with Crippen molar-refractivity contribution in [2.24, 2.45) is 0 Å². The minimum Gasteiger partial charge on any atom is -0.393 e. The highest BCUT2D eigenvalue weighted by atomic mass is 35.5. The quantitative estimate of drug-likeness (QED) is 0.581. The summed E-state index contributed by atoms with van der Waals surface area (Å²) in [5.74, 6) is -0.328. The highest BCUT2D eigenvalue weighted by Gasteiger charge is 2.26. The van der Waals surface area contributed by atoms with Crippen LogP contribution in [0.4, 0.5) is 11.4 Å². The number of carbonyl (C=O) groups excluding carboxylic acids is 2. The normalized spacial score (nSPS) is 15.6. The second kappa shape index (κ2) is 9.15. The molecule has 0 saturated heterocycles. The van der Waals surface area contributed by atoms with Gasteiger partial charge in [0, 0.05) is 40.5 Å². The standard InChI is InChI=1S/C26H25ClN2O3/c1-16-5-3-4-6-22(16)25(31)28-20-8-9-23(17(2)13-20)26(32)29-12-11-21(30)15-18-14-19(27)7-10-24(18)29/h3-10,13-14,21,30H,11-12,15H2,1-2H3,(H,28,31). The van der Waals surface area contributed by atoms with E-state index in [0.717, 1.165) is 22.4 Å². The summed E-state index contributed by atoms with van der Waals surface area (Å²) >= 11 is 6.14. The Kier molecular flexibility index (Phi) is 6.31. The summed E-state index contributed by atoms with van der Waals surface area (Å²) in [7, 11) is 0. The fourth-order valence-electron chi connectivity index (χ4n) is 4.10. The number of amides is 2. The Morgan fingerprint density at radius 3 is 2.53 bits per heavy atom. The Morgan fingerprint density at radius 1 is 1.00 bits per heavy atom. The first kappa shape index (κ1) is 22.1. The second-order valence-corrected chi connectivity index (χ2v) is 8.61. The molecule has 0 radical (unpaired) electrons. The minimum atomic E-state index is -0.523. The van der Waals surface area contributed by atoms with Crippen molar-refractivity contribution in [3.63, 3.8) is 0 Å². The number of carbonyl (C=O) groups is 2. The van der Waals surface area contributed by atoms with Crippen LogP contribution in [0.3, 0.4) is 0 Å². The van der Waals surface area contributed by atoms with Crippen LogP contribution in [-0.4, -0.2) is 29.6 Å². The number of benzene rings is 3. The van der Waals surface area contributed by atoms with Gasteiger partial charge in [-0.25, -0.2) is 0 Å². The third-order valence-electron chi connectivity index (χ3n) is 5.82. The van der Waals surface area contributed by atoms with E-state index >= 15 is 0 Å². The van der Waals surface area contributed by atoms with Crippen LogP contribution in [0.5, 0.6) is 0 Å². The first-order chi connectivity index (χ1) is 15.3. The first-order valence-corrected chi connectivity index (χ1v) is 11.0. The summed E-state index contributed by atoms with van der Waals surface area (Å²) in [6, 6.07) is 18.1. The average molecular weight is 449 g/mol. The number of hydrogen-bond donors (Lipinski definition) is 2. The molecule has 164 valence electrons. The van der Waals surface area contributed by atoms with Gasteiger partial charge in [-0.15, -0.1) is 0 Å². The van der Waals surface area contributed by atoms with Crippen LogP contribution in [0.15, 0.2) is 60.7 Å². The van der Waals surface area contributed by atoms with Gasteiger partial charge in [-0.2, -0.15) is 0 Å². The van der Waals surface area contributed by atoms with Gasteiger partial charge in [0.25, 0.3) is 11.8 Å². The molecule has 2 amide bonds. The van der Waals surface area contributed by atoms with Gasteiger partial charge < -0.3 is 15.3 Å². The zero-order valence-corrected chi connectivity index (χ0v) is 18.8. The molecule has 1 aliphatic heterocycles. The average Bonchev–Trinajstić information content (AvgIpc) is 2.91. The van der Waals surface area contributed by atoms with Gasteiger partial charge in [0.15, 0.2) is 0 Å². The molecule has 0 aromatic heterocycles. The first-order valence-electron chi connectivity index (χ1n) is 10.6. The molecule has 0 saturated carbocycles. The van der Waals surface area contributed by atoms with Gasteiger partial charge in [0.05, 0.1) is 6.10 Å². The molecule has 4 rings (SSSR count). The Bertz CT molecular complexity index is 1190. The number of fused-ring (bicyclic) bond motifs is 1. The third-order valence-corrected chi connectivity index (χ3v) is 6.06. The van der Waals surface area contributed by atoms with Crippen molar-refractivity contribution in [1.29, 1.82) is 0 Å². The van der Waals surface area contributed by atoms with Crippen molar-refractivity contribution < 1.29 is 14.7 Å². The van der Waals surface area contributed by atoms with Crippen LogP contribution >= 0.6 is 11.6 Å². The molecule has 0 spiro atoms. The largest absolute Gasteiger partial charge is 0.393 e. The van der Waals surface area contributed by atoms with E-state index < -0.39 is 6.10 Å². The van der Waals surface area contributed by atoms with Crippen LogP contribution in [0.1, 0.15) is 43.8 Å². The molecule has 0 aliphatic carbocycles. The monoisotopic (exact) mass is 448 g/mol. The van der Waals surface area contributed by atoms with Gasteiger partial charge in [-0.05, 0) is 79.4 Å². The Balaban J connectivity index is 1.59. The Labute approximate surface area is 192 Å². The van der Waals surface area contributed by atoms with Crippen molar-refractivity contribution in [3.8, 4) is 0 Å². The predicted octanol–water partition coefficient (Wildman–Crippen LogP) is 5.16. The Morgan fingerprint density at radius 2 is 1.78 bits per heavy atom. The number of hydrogen-bond acceptors (Lipinski definition) is 3. The number of aliphatic hydroxyl groups excluding tert-OH is 1. The number of nitrogens with zero attached hydrogens (tertiary/aromatic N) is 1. The van der Waals surface area contributed by atoms with Gasteiger partial charge >= 0.3 is 0 Å². The highest BCUT2D eigenvalue weighted by Crippen LogP contribution is 2.31. The van der Waals surface area contributed by atoms with E-state index in [-0.39, 0.29) is 11.8 Å². The van der Waals surface area contributed by atoms with Crippen molar-refractivity contribution >= 4 is 34.8 Å². The smallest absolute Gasteiger partial charge is 0.258 e. The number of aryl methyl sites for hydroxylation is 2. The molecular formula is C26H25ClN2O3. The fourth-order valence-corrected chi connectivity index (χ4v) is 4.29. The predicted molar refractivity (Wildman–Crippen MR) is 128 cm³/mol.